The number of nitrogens with zero attached hydrogens (tertiary/aromatic N) is 3. The first kappa shape index (κ1) is 16.4. The Hall–Kier alpha value is -1.99. The molecule has 1 aromatic carbocycles. The zero-order chi connectivity index (χ0) is 15.9. The first-order chi connectivity index (χ1) is 10.6. The van der Waals surface area contributed by atoms with E-state index in [4.69, 9.17) is 0 Å². The van der Waals surface area contributed by atoms with Crippen LogP contribution in [-0.4, -0.2) is 48.0 Å². The zero-order valence-electron chi connectivity index (χ0n) is 12.5. The lowest BCUT2D eigenvalue weighted by atomic mass is 10.3. The topological polar surface area (TPSA) is 70.2 Å². The molecule has 0 bridgehead atoms. The number of aromatic nitrogens is 2. The maximum Gasteiger partial charge on any atom is 0.270 e. The number of anilines is 2. The van der Waals surface area contributed by atoms with Crippen LogP contribution in [-0.2, 0) is 0 Å². The van der Waals surface area contributed by atoms with Gasteiger partial charge in [-0.1, -0.05) is 12.1 Å². The fourth-order valence-electron chi connectivity index (χ4n) is 1.73. The molecule has 0 aliphatic heterocycles. The molecule has 0 radical (unpaired) electrons. The molecule has 0 unspecified atom stereocenters. The Balaban J connectivity index is 2.03. The van der Waals surface area contributed by atoms with E-state index in [0.29, 0.717) is 18.1 Å². The highest BCUT2D eigenvalue weighted by Crippen LogP contribution is 2.24. The second-order valence-corrected chi connectivity index (χ2v) is 5.81. The van der Waals surface area contributed by atoms with Gasteiger partial charge in [0.1, 0.15) is 17.8 Å². The standard InChI is InChI=1S/C15H18BrN5O/c1-21(2)8-7-17-15(22)13-9-14(19-10-18-13)20-12-6-4-3-5-11(12)16/h3-6,9-10H,7-8H2,1-2H3,(H,17,22)(H,18,19,20). The van der Waals surface area contributed by atoms with Crippen LogP contribution < -0.4 is 10.6 Å². The molecular weight excluding hydrogens is 346 g/mol. The van der Waals surface area contributed by atoms with Crippen molar-refractivity contribution in [3.05, 3.63) is 46.8 Å². The van der Waals surface area contributed by atoms with Gasteiger partial charge in [0.2, 0.25) is 0 Å². The van der Waals surface area contributed by atoms with Gasteiger partial charge in [-0.05, 0) is 42.2 Å². The van der Waals surface area contributed by atoms with Crippen molar-refractivity contribution in [3.8, 4) is 0 Å². The third-order valence-corrected chi connectivity index (χ3v) is 3.57. The number of halogens is 1. The summed E-state index contributed by atoms with van der Waals surface area (Å²) < 4.78 is 0.922. The molecule has 2 aromatic rings. The van der Waals surface area contributed by atoms with Crippen LogP contribution in [0.3, 0.4) is 0 Å². The number of hydrogen-bond donors (Lipinski definition) is 2. The average Bonchev–Trinajstić information content (AvgIpc) is 2.49. The molecule has 22 heavy (non-hydrogen) atoms. The summed E-state index contributed by atoms with van der Waals surface area (Å²) in [5.74, 6) is 0.360. The Morgan fingerprint density at radius 3 is 2.77 bits per heavy atom. The monoisotopic (exact) mass is 363 g/mol. The van der Waals surface area contributed by atoms with Crippen molar-refractivity contribution in [3.63, 3.8) is 0 Å². The number of carbonyl (C=O) groups excluding carboxylic acids is 1. The Kier molecular flexibility index (Phi) is 5.85. The summed E-state index contributed by atoms with van der Waals surface area (Å²) in [7, 11) is 3.91. The Bertz CT molecular complexity index is 647. The third kappa shape index (κ3) is 4.78. The van der Waals surface area contributed by atoms with E-state index in [9.17, 15) is 4.79 Å². The zero-order valence-corrected chi connectivity index (χ0v) is 14.1. The quantitative estimate of drug-likeness (QED) is 0.823. The van der Waals surface area contributed by atoms with Gasteiger partial charge in [-0.25, -0.2) is 9.97 Å². The highest BCUT2D eigenvalue weighted by Gasteiger charge is 2.09. The number of nitrogens with one attached hydrogen (secondary N) is 2. The maximum atomic E-state index is 12.0. The van der Waals surface area contributed by atoms with Crippen LogP contribution in [0.5, 0.6) is 0 Å². The minimum Gasteiger partial charge on any atom is -0.349 e. The first-order valence-electron chi connectivity index (χ1n) is 6.83. The summed E-state index contributed by atoms with van der Waals surface area (Å²) in [4.78, 5) is 22.2. The second-order valence-electron chi connectivity index (χ2n) is 4.95. The lowest BCUT2D eigenvalue weighted by molar-refractivity contribution is 0.0946. The largest absolute Gasteiger partial charge is 0.349 e. The van der Waals surface area contributed by atoms with E-state index >= 15 is 0 Å². The molecule has 0 saturated carbocycles. The summed E-state index contributed by atoms with van der Waals surface area (Å²) in [6.07, 6.45) is 1.38. The van der Waals surface area contributed by atoms with Crippen molar-refractivity contribution in [2.24, 2.45) is 0 Å². The fraction of sp³-hybridized carbons (Fsp3) is 0.267. The highest BCUT2D eigenvalue weighted by molar-refractivity contribution is 9.10. The molecule has 7 heteroatoms. The summed E-state index contributed by atoms with van der Waals surface area (Å²) in [6.45, 7) is 1.35. The van der Waals surface area contributed by atoms with Gasteiger partial charge in [0.15, 0.2) is 0 Å². The van der Waals surface area contributed by atoms with Crippen molar-refractivity contribution in [2.75, 3.05) is 32.5 Å². The molecule has 0 aliphatic rings. The first-order valence-corrected chi connectivity index (χ1v) is 7.62. The summed E-state index contributed by atoms with van der Waals surface area (Å²) in [5, 5.41) is 5.98. The molecule has 1 heterocycles. The van der Waals surface area contributed by atoms with E-state index in [2.05, 4.69) is 36.5 Å². The minimum absolute atomic E-state index is 0.209. The predicted molar refractivity (Wildman–Crippen MR) is 90.3 cm³/mol. The molecule has 0 fully saturated rings. The van der Waals surface area contributed by atoms with Gasteiger partial charge in [0.25, 0.3) is 5.91 Å². The molecule has 1 aromatic heterocycles. The Morgan fingerprint density at radius 2 is 2.05 bits per heavy atom. The third-order valence-electron chi connectivity index (χ3n) is 2.88. The molecule has 6 nitrogen and oxygen atoms in total. The number of benzene rings is 1. The SMILES string of the molecule is CN(C)CCNC(=O)c1cc(Nc2ccccc2Br)ncn1. The van der Waals surface area contributed by atoms with Crippen molar-refractivity contribution in [1.82, 2.24) is 20.2 Å². The van der Waals surface area contributed by atoms with Crippen LogP contribution in [0.1, 0.15) is 10.5 Å². The van der Waals surface area contributed by atoms with Crippen LogP contribution in [0.15, 0.2) is 41.1 Å². The smallest absolute Gasteiger partial charge is 0.270 e. The number of likely N-dealkylation sites (N-methyl/N-ethyl adjacent to an activating group) is 1. The number of para-hydroxylation sites is 1. The van der Waals surface area contributed by atoms with E-state index in [1.807, 2.05) is 43.3 Å². The minimum atomic E-state index is -0.209. The molecule has 0 saturated heterocycles. The van der Waals surface area contributed by atoms with Crippen molar-refractivity contribution < 1.29 is 4.79 Å². The predicted octanol–water partition coefficient (Wildman–Crippen LogP) is 2.27. The summed E-state index contributed by atoms with van der Waals surface area (Å²) >= 11 is 3.46. The summed E-state index contributed by atoms with van der Waals surface area (Å²) in [6, 6.07) is 9.33. The molecule has 0 aliphatic carbocycles. The van der Waals surface area contributed by atoms with E-state index in [-0.39, 0.29) is 5.91 Å². The van der Waals surface area contributed by atoms with Crippen LogP contribution in [0.25, 0.3) is 0 Å². The fourth-order valence-corrected chi connectivity index (χ4v) is 2.12. The van der Waals surface area contributed by atoms with Crippen LogP contribution in [0, 0.1) is 0 Å². The van der Waals surface area contributed by atoms with Gasteiger partial charge in [0, 0.05) is 23.6 Å². The normalized spacial score (nSPS) is 10.5. The van der Waals surface area contributed by atoms with Gasteiger partial charge < -0.3 is 15.5 Å². The number of carbonyl (C=O) groups is 1. The maximum absolute atomic E-state index is 12.0. The average molecular weight is 364 g/mol. The second kappa shape index (κ2) is 7.86. The molecular formula is C15H18BrN5O. The van der Waals surface area contributed by atoms with Gasteiger partial charge in [-0.2, -0.15) is 0 Å². The lowest BCUT2D eigenvalue weighted by Crippen LogP contribution is -2.31. The van der Waals surface area contributed by atoms with Crippen molar-refractivity contribution in [1.29, 1.82) is 0 Å². The van der Waals surface area contributed by atoms with Gasteiger partial charge in [-0.15, -0.1) is 0 Å². The molecule has 1 amide bonds. The molecule has 0 spiro atoms. The van der Waals surface area contributed by atoms with Crippen molar-refractivity contribution in [2.45, 2.75) is 0 Å². The Labute approximate surface area is 138 Å². The highest BCUT2D eigenvalue weighted by atomic mass is 79.9. The van der Waals surface area contributed by atoms with Crippen LogP contribution in [0.4, 0.5) is 11.5 Å². The van der Waals surface area contributed by atoms with Crippen molar-refractivity contribution >= 4 is 33.3 Å². The molecule has 116 valence electrons. The molecule has 2 N–H and O–H groups in total. The van der Waals surface area contributed by atoms with E-state index in [1.165, 1.54) is 6.33 Å². The van der Waals surface area contributed by atoms with E-state index < -0.39 is 0 Å². The lowest BCUT2D eigenvalue weighted by Gasteiger charge is -2.11. The van der Waals surface area contributed by atoms with Gasteiger partial charge >= 0.3 is 0 Å². The van der Waals surface area contributed by atoms with Crippen LogP contribution in [0.2, 0.25) is 0 Å². The van der Waals surface area contributed by atoms with E-state index in [0.717, 1.165) is 16.7 Å². The van der Waals surface area contributed by atoms with E-state index in [1.54, 1.807) is 6.07 Å². The number of amides is 1. The Morgan fingerprint density at radius 1 is 1.27 bits per heavy atom. The molecule has 2 rings (SSSR count). The number of hydrogen-bond acceptors (Lipinski definition) is 5. The number of rotatable bonds is 6. The van der Waals surface area contributed by atoms with Crippen LogP contribution >= 0.6 is 15.9 Å². The molecule has 0 atom stereocenters. The summed E-state index contributed by atoms with van der Waals surface area (Å²) in [5.41, 5.74) is 1.21. The van der Waals surface area contributed by atoms with Gasteiger partial charge in [0.05, 0.1) is 5.69 Å². The van der Waals surface area contributed by atoms with Gasteiger partial charge in [-0.3, -0.25) is 4.79 Å².